The number of alkyl halides is 2. The van der Waals surface area contributed by atoms with Gasteiger partial charge in [-0.25, -0.2) is 23.7 Å². The molecule has 1 aliphatic heterocycles. The zero-order valence-electron chi connectivity index (χ0n) is 18.0. The number of fused-ring (bicyclic) bond motifs is 1. The van der Waals surface area contributed by atoms with Gasteiger partial charge in [0.25, 0.3) is 5.92 Å². The van der Waals surface area contributed by atoms with Gasteiger partial charge in [0.15, 0.2) is 0 Å². The molecule has 0 radical (unpaired) electrons. The zero-order valence-corrected chi connectivity index (χ0v) is 18.0. The van der Waals surface area contributed by atoms with Gasteiger partial charge in [-0.1, -0.05) is 42.5 Å². The summed E-state index contributed by atoms with van der Waals surface area (Å²) in [5.74, 6) is -0.164. The van der Waals surface area contributed by atoms with Gasteiger partial charge in [0.05, 0.1) is 11.2 Å². The number of rotatable bonds is 5. The van der Waals surface area contributed by atoms with Crippen LogP contribution < -0.4 is 4.90 Å². The summed E-state index contributed by atoms with van der Waals surface area (Å²) in [7, 11) is 2.00. The maximum Gasteiger partial charge on any atom is 0.251 e. The number of aryl methyl sites for hydroxylation is 3. The summed E-state index contributed by atoms with van der Waals surface area (Å²) < 4.78 is 29.4. The largest absolute Gasteiger partial charge is 0.356 e. The molecule has 3 heterocycles. The summed E-state index contributed by atoms with van der Waals surface area (Å²) >= 11 is 0. The highest BCUT2D eigenvalue weighted by atomic mass is 19.3. The van der Waals surface area contributed by atoms with Crippen LogP contribution in [0.3, 0.4) is 0 Å². The highest BCUT2D eigenvalue weighted by molar-refractivity contribution is 5.89. The fourth-order valence-corrected chi connectivity index (χ4v) is 4.21. The van der Waals surface area contributed by atoms with E-state index in [0.717, 1.165) is 33.8 Å². The fraction of sp³-hybridized carbons (Fsp3) is 0.320. The second-order valence-electron chi connectivity index (χ2n) is 8.34. The Morgan fingerprint density at radius 2 is 1.59 bits per heavy atom. The molecule has 2 aromatic heterocycles. The van der Waals surface area contributed by atoms with Crippen LogP contribution >= 0.6 is 0 Å². The number of aromatic nitrogens is 4. The van der Waals surface area contributed by atoms with Gasteiger partial charge in [0.2, 0.25) is 0 Å². The van der Waals surface area contributed by atoms with Crippen molar-refractivity contribution in [2.45, 2.75) is 31.6 Å². The van der Waals surface area contributed by atoms with Crippen LogP contribution in [0, 0.1) is 0 Å². The number of anilines is 1. The lowest BCUT2D eigenvalue weighted by atomic mass is 10.1. The van der Waals surface area contributed by atoms with Crippen molar-refractivity contribution in [3.05, 3.63) is 72.4 Å². The molecule has 2 aromatic carbocycles. The molecule has 0 aliphatic carbocycles. The maximum atomic E-state index is 13.7. The maximum absolute atomic E-state index is 13.7. The minimum atomic E-state index is -2.59. The number of hydrogen-bond donors (Lipinski definition) is 0. The third-order valence-corrected chi connectivity index (χ3v) is 6.04. The first kappa shape index (κ1) is 20.5. The van der Waals surface area contributed by atoms with Crippen LogP contribution in [0.1, 0.15) is 24.5 Å². The summed E-state index contributed by atoms with van der Waals surface area (Å²) in [6.07, 6.45) is 3.07. The molecule has 0 N–H and O–H groups in total. The standard InChI is InChI=1S/C25H25F2N5/c1-31-17-21(18-7-3-2-4-8-18)29-23(31)12-11-22-28-20-10-6-5-9-19(20)24(30-22)32-15-13-25(26,27)14-16-32/h2-10,17H,11-16H2,1H3. The van der Waals surface area contributed by atoms with Crippen molar-refractivity contribution in [1.82, 2.24) is 19.5 Å². The van der Waals surface area contributed by atoms with Crippen molar-refractivity contribution in [2.24, 2.45) is 7.05 Å². The lowest BCUT2D eigenvalue weighted by molar-refractivity contribution is -0.0221. The topological polar surface area (TPSA) is 46.8 Å². The van der Waals surface area contributed by atoms with E-state index >= 15 is 0 Å². The van der Waals surface area contributed by atoms with Gasteiger partial charge in [-0.3, -0.25) is 0 Å². The van der Waals surface area contributed by atoms with Gasteiger partial charge >= 0.3 is 0 Å². The lowest BCUT2D eigenvalue weighted by Gasteiger charge is -2.33. The van der Waals surface area contributed by atoms with Crippen molar-refractivity contribution < 1.29 is 8.78 Å². The molecule has 5 rings (SSSR count). The molecule has 1 aliphatic rings. The molecule has 0 unspecified atom stereocenters. The van der Waals surface area contributed by atoms with Crippen LogP contribution in [0.4, 0.5) is 14.6 Å². The molecule has 1 saturated heterocycles. The van der Waals surface area contributed by atoms with Gasteiger partial charge in [-0.15, -0.1) is 0 Å². The number of nitrogens with zero attached hydrogens (tertiary/aromatic N) is 5. The first-order valence-electron chi connectivity index (χ1n) is 10.9. The predicted molar refractivity (Wildman–Crippen MR) is 122 cm³/mol. The lowest BCUT2D eigenvalue weighted by Crippen LogP contribution is -2.40. The fourth-order valence-electron chi connectivity index (χ4n) is 4.21. The average molecular weight is 434 g/mol. The molecule has 32 heavy (non-hydrogen) atoms. The quantitative estimate of drug-likeness (QED) is 0.442. The molecular formula is C25H25F2N5. The Hall–Kier alpha value is -3.35. The van der Waals surface area contributed by atoms with E-state index in [1.165, 1.54) is 0 Å². The predicted octanol–water partition coefficient (Wildman–Crippen LogP) is 5.05. The van der Waals surface area contributed by atoms with Gasteiger partial charge < -0.3 is 9.47 Å². The van der Waals surface area contributed by atoms with Crippen molar-refractivity contribution in [1.29, 1.82) is 0 Å². The molecule has 0 bridgehead atoms. The first-order chi connectivity index (χ1) is 15.5. The van der Waals surface area contributed by atoms with Crippen molar-refractivity contribution in [2.75, 3.05) is 18.0 Å². The summed E-state index contributed by atoms with van der Waals surface area (Å²) in [5.41, 5.74) is 2.87. The smallest absolute Gasteiger partial charge is 0.251 e. The Balaban J connectivity index is 1.40. The van der Waals surface area contributed by atoms with Crippen molar-refractivity contribution in [3.63, 3.8) is 0 Å². The third-order valence-electron chi connectivity index (χ3n) is 6.04. The molecule has 5 nitrogen and oxygen atoms in total. The summed E-state index contributed by atoms with van der Waals surface area (Å²) in [6.45, 7) is 0.598. The van der Waals surface area contributed by atoms with Crippen LogP contribution in [0.2, 0.25) is 0 Å². The molecule has 7 heteroatoms. The minimum absolute atomic E-state index is 0.143. The molecule has 0 spiro atoms. The molecule has 4 aromatic rings. The van der Waals surface area contributed by atoms with Crippen LogP contribution in [-0.4, -0.2) is 38.5 Å². The Bertz CT molecular complexity index is 1230. The minimum Gasteiger partial charge on any atom is -0.356 e. The number of piperidine rings is 1. The third kappa shape index (κ3) is 4.20. The molecular weight excluding hydrogens is 408 g/mol. The second kappa shape index (κ2) is 8.30. The average Bonchev–Trinajstić information content (AvgIpc) is 3.18. The van der Waals surface area contributed by atoms with E-state index in [1.807, 2.05) is 77.3 Å². The Kier molecular flexibility index (Phi) is 5.33. The van der Waals surface area contributed by atoms with E-state index in [9.17, 15) is 8.78 Å². The highest BCUT2D eigenvalue weighted by Crippen LogP contribution is 2.32. The Morgan fingerprint density at radius 1 is 0.875 bits per heavy atom. The molecule has 1 fully saturated rings. The normalized spacial score (nSPS) is 15.9. The van der Waals surface area contributed by atoms with E-state index in [0.29, 0.717) is 31.8 Å². The van der Waals surface area contributed by atoms with Crippen LogP contribution in [-0.2, 0) is 19.9 Å². The van der Waals surface area contributed by atoms with E-state index in [2.05, 4.69) is 0 Å². The van der Waals surface area contributed by atoms with E-state index in [1.54, 1.807) is 0 Å². The van der Waals surface area contributed by atoms with Gasteiger partial charge in [-0.05, 0) is 12.1 Å². The summed E-state index contributed by atoms with van der Waals surface area (Å²) in [5, 5.41) is 0.907. The zero-order chi connectivity index (χ0) is 22.1. The van der Waals surface area contributed by atoms with Gasteiger partial charge in [0, 0.05) is 63.0 Å². The summed E-state index contributed by atoms with van der Waals surface area (Å²) in [6, 6.07) is 17.9. The highest BCUT2D eigenvalue weighted by Gasteiger charge is 2.35. The van der Waals surface area contributed by atoms with Crippen molar-refractivity contribution in [3.8, 4) is 11.3 Å². The number of imidazole rings is 1. The molecule has 164 valence electrons. The van der Waals surface area contributed by atoms with Crippen LogP contribution in [0.25, 0.3) is 22.2 Å². The van der Waals surface area contributed by atoms with Gasteiger partial charge in [-0.2, -0.15) is 0 Å². The van der Waals surface area contributed by atoms with E-state index < -0.39 is 5.92 Å². The second-order valence-corrected chi connectivity index (χ2v) is 8.34. The first-order valence-corrected chi connectivity index (χ1v) is 10.9. The van der Waals surface area contributed by atoms with Gasteiger partial charge in [0.1, 0.15) is 17.5 Å². The number of para-hydroxylation sites is 1. The molecule has 0 atom stereocenters. The number of hydrogen-bond acceptors (Lipinski definition) is 4. The Labute approximate surface area is 185 Å². The van der Waals surface area contributed by atoms with E-state index in [-0.39, 0.29) is 12.8 Å². The Morgan fingerprint density at radius 3 is 2.38 bits per heavy atom. The van der Waals surface area contributed by atoms with Crippen LogP contribution in [0.5, 0.6) is 0 Å². The number of halogens is 2. The number of benzene rings is 2. The SMILES string of the molecule is Cn1cc(-c2ccccc2)nc1CCc1nc(N2CCC(F)(F)CC2)c2ccccc2n1. The van der Waals surface area contributed by atoms with E-state index in [4.69, 9.17) is 15.0 Å². The van der Waals surface area contributed by atoms with Crippen molar-refractivity contribution >= 4 is 16.7 Å². The molecule has 0 amide bonds. The monoisotopic (exact) mass is 433 g/mol. The molecule has 0 saturated carbocycles. The van der Waals surface area contributed by atoms with Crippen LogP contribution in [0.15, 0.2) is 60.8 Å². The summed E-state index contributed by atoms with van der Waals surface area (Å²) in [4.78, 5) is 16.3.